The van der Waals surface area contributed by atoms with E-state index in [1.807, 2.05) is 0 Å². The molecule has 3 rings (SSSR count). The van der Waals surface area contributed by atoms with Crippen LogP contribution in [0.1, 0.15) is 23.4 Å². The Labute approximate surface area is 124 Å². The van der Waals surface area contributed by atoms with Crippen molar-refractivity contribution in [2.24, 2.45) is 0 Å². The normalized spacial score (nSPS) is 14.8. The van der Waals surface area contributed by atoms with Crippen LogP contribution in [0.3, 0.4) is 0 Å². The third kappa shape index (κ3) is 2.91. The summed E-state index contributed by atoms with van der Waals surface area (Å²) in [5.74, 6) is -1.81. The van der Waals surface area contributed by atoms with Crippen LogP contribution in [-0.2, 0) is 22.9 Å². The molecule has 0 bridgehead atoms. The smallest absolute Gasteiger partial charge is 0.255 e. The van der Waals surface area contributed by atoms with E-state index in [9.17, 15) is 17.2 Å². The predicted molar refractivity (Wildman–Crippen MR) is 75.9 cm³/mol. The van der Waals surface area contributed by atoms with Gasteiger partial charge in [0.2, 0.25) is 0 Å². The summed E-state index contributed by atoms with van der Waals surface area (Å²) in [6.07, 6.45) is 3.78. The Morgan fingerprint density at radius 3 is 2.71 bits per heavy atom. The van der Waals surface area contributed by atoms with Crippen molar-refractivity contribution in [3.8, 4) is 0 Å². The highest BCUT2D eigenvalue weighted by Crippen LogP contribution is 2.31. The first-order valence-corrected chi connectivity index (χ1v) is 8.72. The van der Waals surface area contributed by atoms with Gasteiger partial charge < -0.3 is 0 Å². The molecule has 0 amide bonds. The standard InChI is InChI=1S/C13H12F2N2O2S2/c14-8-5-6-9(15)12(7-8)21(18,19)17-13-16-10-3-1-2-4-11(10)20-13/h5-7H,1-4H2,(H,16,17). The molecular formula is C13H12F2N2O2S2. The number of aromatic nitrogens is 1. The fourth-order valence-electron chi connectivity index (χ4n) is 2.25. The third-order valence-electron chi connectivity index (χ3n) is 3.25. The van der Waals surface area contributed by atoms with Crippen molar-refractivity contribution in [2.75, 3.05) is 4.72 Å². The number of benzene rings is 1. The molecule has 1 aromatic heterocycles. The van der Waals surface area contributed by atoms with Crippen molar-refractivity contribution in [3.05, 3.63) is 40.4 Å². The largest absolute Gasteiger partial charge is 0.266 e. The molecule has 4 nitrogen and oxygen atoms in total. The Morgan fingerprint density at radius 1 is 1.19 bits per heavy atom. The molecule has 1 aromatic carbocycles. The summed E-state index contributed by atoms with van der Waals surface area (Å²) in [7, 11) is -4.18. The zero-order chi connectivity index (χ0) is 15.0. The summed E-state index contributed by atoms with van der Waals surface area (Å²) < 4.78 is 53.2. The van der Waals surface area contributed by atoms with Gasteiger partial charge in [-0.3, -0.25) is 4.72 Å². The zero-order valence-electron chi connectivity index (χ0n) is 10.9. The van der Waals surface area contributed by atoms with E-state index in [4.69, 9.17) is 0 Å². The van der Waals surface area contributed by atoms with Crippen molar-refractivity contribution in [1.29, 1.82) is 0 Å². The fourth-order valence-corrected chi connectivity index (χ4v) is 4.62. The maximum atomic E-state index is 13.6. The maximum Gasteiger partial charge on any atom is 0.266 e. The van der Waals surface area contributed by atoms with Gasteiger partial charge in [0.1, 0.15) is 16.5 Å². The highest BCUT2D eigenvalue weighted by molar-refractivity contribution is 7.93. The molecule has 2 aromatic rings. The molecule has 0 spiro atoms. The topological polar surface area (TPSA) is 59.1 Å². The van der Waals surface area contributed by atoms with Crippen LogP contribution in [-0.4, -0.2) is 13.4 Å². The molecule has 0 saturated carbocycles. The quantitative estimate of drug-likeness (QED) is 0.941. The van der Waals surface area contributed by atoms with Crippen LogP contribution < -0.4 is 4.72 Å². The second-order valence-electron chi connectivity index (χ2n) is 4.78. The maximum absolute atomic E-state index is 13.6. The summed E-state index contributed by atoms with van der Waals surface area (Å²) >= 11 is 1.25. The van der Waals surface area contributed by atoms with Crippen LogP contribution in [0.25, 0.3) is 0 Å². The Kier molecular flexibility index (Phi) is 3.66. The van der Waals surface area contributed by atoms with E-state index in [2.05, 4.69) is 9.71 Å². The minimum absolute atomic E-state index is 0.200. The molecule has 1 aliphatic rings. The number of nitrogens with one attached hydrogen (secondary N) is 1. The van der Waals surface area contributed by atoms with E-state index in [0.717, 1.165) is 48.4 Å². The van der Waals surface area contributed by atoms with Gasteiger partial charge in [-0.1, -0.05) is 0 Å². The fraction of sp³-hybridized carbons (Fsp3) is 0.308. The second kappa shape index (κ2) is 5.34. The lowest BCUT2D eigenvalue weighted by Gasteiger charge is -2.06. The van der Waals surface area contributed by atoms with E-state index in [1.165, 1.54) is 11.3 Å². The van der Waals surface area contributed by atoms with Crippen molar-refractivity contribution in [1.82, 2.24) is 4.98 Å². The number of hydrogen-bond acceptors (Lipinski definition) is 4. The first-order valence-electron chi connectivity index (χ1n) is 6.42. The van der Waals surface area contributed by atoms with E-state index in [1.54, 1.807) is 0 Å². The van der Waals surface area contributed by atoms with Crippen LogP contribution in [0.4, 0.5) is 13.9 Å². The SMILES string of the molecule is O=S(=O)(Nc1nc2c(s1)CCCC2)c1cc(F)ccc1F. The van der Waals surface area contributed by atoms with E-state index in [-0.39, 0.29) is 5.13 Å². The number of hydrogen-bond donors (Lipinski definition) is 1. The average Bonchev–Trinajstić information content (AvgIpc) is 2.82. The van der Waals surface area contributed by atoms with Crippen LogP contribution in [0.2, 0.25) is 0 Å². The number of aryl methyl sites for hydroxylation is 2. The number of fused-ring (bicyclic) bond motifs is 1. The summed E-state index contributed by atoms with van der Waals surface area (Å²) in [5.41, 5.74) is 0.892. The van der Waals surface area contributed by atoms with Gasteiger partial charge in [-0.25, -0.2) is 22.2 Å². The lowest BCUT2D eigenvalue weighted by Crippen LogP contribution is -2.14. The van der Waals surface area contributed by atoms with Gasteiger partial charge in [0.15, 0.2) is 5.13 Å². The van der Waals surface area contributed by atoms with Crippen LogP contribution >= 0.6 is 11.3 Å². The van der Waals surface area contributed by atoms with Gasteiger partial charge in [-0.05, 0) is 43.9 Å². The Hall–Kier alpha value is -1.54. The lowest BCUT2D eigenvalue weighted by atomic mass is 10.0. The summed E-state index contributed by atoms with van der Waals surface area (Å²) in [6, 6.07) is 2.32. The minimum Gasteiger partial charge on any atom is -0.255 e. The molecular weight excluding hydrogens is 318 g/mol. The molecule has 21 heavy (non-hydrogen) atoms. The molecule has 1 aliphatic carbocycles. The number of thiazole rings is 1. The molecule has 8 heteroatoms. The summed E-state index contributed by atoms with van der Waals surface area (Å²) in [4.78, 5) is 4.57. The number of nitrogens with zero attached hydrogens (tertiary/aromatic N) is 1. The molecule has 1 heterocycles. The van der Waals surface area contributed by atoms with E-state index in [0.29, 0.717) is 6.07 Å². The van der Waals surface area contributed by atoms with Crippen LogP contribution in [0, 0.1) is 11.6 Å². The number of sulfonamides is 1. The zero-order valence-corrected chi connectivity index (χ0v) is 12.5. The van der Waals surface area contributed by atoms with E-state index < -0.39 is 26.6 Å². The molecule has 112 valence electrons. The molecule has 1 N–H and O–H groups in total. The minimum atomic E-state index is -4.18. The number of anilines is 1. The lowest BCUT2D eigenvalue weighted by molar-refractivity contribution is 0.555. The highest BCUT2D eigenvalue weighted by Gasteiger charge is 2.23. The molecule has 0 unspecified atom stereocenters. The Bertz CT molecular complexity index is 764. The van der Waals surface area contributed by atoms with Crippen LogP contribution in [0.5, 0.6) is 0 Å². The summed E-state index contributed by atoms with van der Waals surface area (Å²) in [5, 5.41) is 0.200. The first kappa shape index (κ1) is 14.4. The molecule has 0 fully saturated rings. The van der Waals surface area contributed by atoms with Crippen molar-refractivity contribution < 1.29 is 17.2 Å². The van der Waals surface area contributed by atoms with Gasteiger partial charge in [0, 0.05) is 4.88 Å². The molecule has 0 atom stereocenters. The Morgan fingerprint density at radius 2 is 1.95 bits per heavy atom. The second-order valence-corrected chi connectivity index (χ2v) is 7.51. The highest BCUT2D eigenvalue weighted by atomic mass is 32.2. The molecule has 0 aliphatic heterocycles. The monoisotopic (exact) mass is 330 g/mol. The van der Waals surface area contributed by atoms with Gasteiger partial charge in [-0.15, -0.1) is 11.3 Å². The van der Waals surface area contributed by atoms with Gasteiger partial charge in [-0.2, -0.15) is 0 Å². The number of rotatable bonds is 3. The number of halogens is 2. The predicted octanol–water partition coefficient (Wildman–Crippen LogP) is 3.10. The van der Waals surface area contributed by atoms with E-state index >= 15 is 0 Å². The van der Waals surface area contributed by atoms with Crippen molar-refractivity contribution >= 4 is 26.5 Å². The molecule has 0 saturated heterocycles. The summed E-state index contributed by atoms with van der Waals surface area (Å²) in [6.45, 7) is 0. The van der Waals surface area contributed by atoms with Crippen molar-refractivity contribution in [2.45, 2.75) is 30.6 Å². The Balaban J connectivity index is 1.92. The third-order valence-corrected chi connectivity index (χ3v) is 5.81. The van der Waals surface area contributed by atoms with Crippen LogP contribution in [0.15, 0.2) is 23.1 Å². The molecule has 0 radical (unpaired) electrons. The van der Waals surface area contributed by atoms with Gasteiger partial charge >= 0.3 is 0 Å². The average molecular weight is 330 g/mol. The van der Waals surface area contributed by atoms with Gasteiger partial charge in [0.25, 0.3) is 10.0 Å². The van der Waals surface area contributed by atoms with Gasteiger partial charge in [0.05, 0.1) is 5.69 Å². The first-order chi connectivity index (χ1) is 9.95. The van der Waals surface area contributed by atoms with Crippen molar-refractivity contribution in [3.63, 3.8) is 0 Å².